The summed E-state index contributed by atoms with van der Waals surface area (Å²) in [5.41, 5.74) is 27.0. The van der Waals surface area contributed by atoms with E-state index in [1.807, 2.05) is 11.3 Å². The second kappa shape index (κ2) is 18.1. The molecule has 6 aliphatic rings. The van der Waals surface area contributed by atoms with Crippen molar-refractivity contribution in [1.82, 2.24) is 0 Å². The number of thiophene rings is 1. The van der Waals surface area contributed by atoms with Gasteiger partial charge in [0.25, 0.3) is 6.71 Å². The number of anilines is 8. The molecule has 0 saturated heterocycles. The van der Waals surface area contributed by atoms with E-state index in [0.717, 1.165) is 66.2 Å². The van der Waals surface area contributed by atoms with Crippen molar-refractivity contribution in [2.75, 3.05) is 14.7 Å². The lowest BCUT2D eigenvalue weighted by Crippen LogP contribution is -2.62. The molecule has 0 radical (unpaired) electrons. The predicted octanol–water partition coefficient (Wildman–Crippen LogP) is 21.4. The molecule has 17 rings (SSSR count). The van der Waals surface area contributed by atoms with Crippen molar-refractivity contribution >= 4 is 122 Å². The van der Waals surface area contributed by atoms with Crippen molar-refractivity contribution in [2.24, 2.45) is 0 Å². The molecule has 0 bridgehead atoms. The fourth-order valence-corrected chi connectivity index (χ4v) is 19.3. The number of hydrogen-bond acceptors (Lipinski definition) is 5. The van der Waals surface area contributed by atoms with Crippen LogP contribution in [0.1, 0.15) is 175 Å². The molecule has 2 aromatic heterocycles. The van der Waals surface area contributed by atoms with Crippen LogP contribution in [0.25, 0.3) is 53.2 Å². The highest BCUT2D eigenvalue weighted by atomic mass is 32.1. The van der Waals surface area contributed by atoms with Gasteiger partial charge in [0.15, 0.2) is 5.58 Å². The Bertz CT molecular complexity index is 4590. The summed E-state index contributed by atoms with van der Waals surface area (Å²) in [6, 6.07) is 64.9. The lowest BCUT2D eigenvalue weighted by molar-refractivity contribution is 0.195. The van der Waals surface area contributed by atoms with Gasteiger partial charge >= 0.3 is 0 Å². The quantitative estimate of drug-likeness (QED) is 0.164. The van der Waals surface area contributed by atoms with Gasteiger partial charge in [-0.15, -0.1) is 11.3 Å². The summed E-state index contributed by atoms with van der Waals surface area (Å²) in [4.78, 5) is 8.35. The molecule has 6 heteroatoms. The zero-order valence-corrected chi connectivity index (χ0v) is 54.8. The van der Waals surface area contributed by atoms with E-state index in [1.165, 1.54) is 134 Å². The molecule has 11 aromatic rings. The second-order valence-corrected chi connectivity index (χ2v) is 32.7. The molecule has 4 nitrogen and oxygen atoms in total. The van der Waals surface area contributed by atoms with Crippen molar-refractivity contribution in [3.05, 3.63) is 197 Å². The molecule has 1 fully saturated rings. The molecule has 2 unspecified atom stereocenters. The Hall–Kier alpha value is -7.54. The van der Waals surface area contributed by atoms with Crippen LogP contribution in [0.5, 0.6) is 0 Å². The maximum atomic E-state index is 7.27. The number of hydrogen-bond donors (Lipinski definition) is 0. The normalized spacial score (nSPS) is 21.7. The molecular formula is C82H82BN3OS. The van der Waals surface area contributed by atoms with Crippen LogP contribution < -0.4 is 31.1 Å². The predicted molar refractivity (Wildman–Crippen MR) is 378 cm³/mol. The van der Waals surface area contributed by atoms with E-state index in [4.69, 9.17) is 4.42 Å². The third kappa shape index (κ3) is 7.45. The fraction of sp³-hybridized carbons (Fsp3) is 0.341. The molecule has 3 aliphatic carbocycles. The lowest BCUT2D eigenvalue weighted by atomic mass is 9.32. The van der Waals surface area contributed by atoms with E-state index in [-0.39, 0.29) is 44.7 Å². The van der Waals surface area contributed by atoms with Crippen LogP contribution in [0.15, 0.2) is 168 Å². The lowest BCUT2D eigenvalue weighted by Gasteiger charge is -2.51. The minimum absolute atomic E-state index is 0.00746. The molecule has 0 amide bonds. The Morgan fingerprint density at radius 2 is 0.966 bits per heavy atom. The minimum atomic E-state index is -0.231. The third-order valence-electron chi connectivity index (χ3n) is 23.7. The molecule has 9 aromatic carbocycles. The Morgan fingerprint density at radius 1 is 0.432 bits per heavy atom. The summed E-state index contributed by atoms with van der Waals surface area (Å²) >= 11 is 1.95. The standard InChI is InChI=1S/C82H82BN3OS/c1-76(2,3)51-33-30-49(31-34-51)50-32-35-64-61(42-50)81(12)36-18-19-37-82(81,13)86(64)52-43-69-73-70(44-52)85(66-27-21-25-56-54-23-15-17-29-72(54)88-75(56)66)68-48-60-58(78(6,7)39-41-80(60,10)11)46-63(68)83(73)62-45-57-59(79(8,9)40-38-77(57,4)5)47-67(62)84(69)65-26-20-24-55-53-22-14-16-28-71(53)87-74(55)65/h14-17,20-35,42-48H,18-19,36-41H2,1-13H3. The first-order valence-electron chi connectivity index (χ1n) is 33.0. The summed E-state index contributed by atoms with van der Waals surface area (Å²) < 4.78 is 9.91. The molecule has 0 spiro atoms. The molecule has 5 heterocycles. The van der Waals surface area contributed by atoms with Gasteiger partial charge in [0.1, 0.15) is 5.58 Å². The van der Waals surface area contributed by atoms with Gasteiger partial charge in [-0.2, -0.15) is 0 Å². The van der Waals surface area contributed by atoms with Crippen molar-refractivity contribution in [2.45, 2.75) is 179 Å². The molecule has 3 aliphatic heterocycles. The van der Waals surface area contributed by atoms with Gasteiger partial charge in [-0.05, 0) is 194 Å². The summed E-state index contributed by atoms with van der Waals surface area (Å²) in [5, 5.41) is 4.92. The number of furan rings is 1. The van der Waals surface area contributed by atoms with Gasteiger partial charge in [-0.3, -0.25) is 0 Å². The summed E-state index contributed by atoms with van der Waals surface area (Å²) in [5.74, 6) is 0. The maximum absolute atomic E-state index is 7.27. The largest absolute Gasteiger partial charge is 0.454 e. The van der Waals surface area contributed by atoms with Crippen molar-refractivity contribution in [3.8, 4) is 11.1 Å². The van der Waals surface area contributed by atoms with Crippen LogP contribution in [-0.4, -0.2) is 12.3 Å². The number of nitrogens with zero attached hydrogens (tertiary/aromatic N) is 3. The average Bonchev–Trinajstić information content (AvgIpc) is 0.906. The first-order chi connectivity index (χ1) is 42.0. The molecule has 1 saturated carbocycles. The van der Waals surface area contributed by atoms with Crippen LogP contribution >= 0.6 is 11.3 Å². The number of para-hydroxylation sites is 2. The summed E-state index contributed by atoms with van der Waals surface area (Å²) in [6.45, 7) is 32.2. The molecule has 440 valence electrons. The summed E-state index contributed by atoms with van der Waals surface area (Å²) in [7, 11) is 0. The van der Waals surface area contributed by atoms with E-state index in [9.17, 15) is 0 Å². The molecular weight excluding hydrogens is 1090 g/mol. The molecule has 0 N–H and O–H groups in total. The zero-order chi connectivity index (χ0) is 60.6. The van der Waals surface area contributed by atoms with Gasteiger partial charge in [-0.1, -0.05) is 199 Å². The zero-order valence-electron chi connectivity index (χ0n) is 54.0. The molecule has 88 heavy (non-hydrogen) atoms. The Balaban J connectivity index is 1.03. The topological polar surface area (TPSA) is 22.9 Å². The van der Waals surface area contributed by atoms with Crippen molar-refractivity contribution < 1.29 is 4.42 Å². The SMILES string of the molecule is CC(C)(C)c1ccc(-c2ccc3c(c2)C2(C)CCCCC2(C)N3c2cc3c4c(c2)N(c2cccc5c2sc2ccccc25)c2cc5c(cc2B4c2cc4c(cc2N3c2cccc3c2oc2ccccc23)C(C)(C)CCC4(C)C)C(C)(C)CCC5(C)C)cc1. The monoisotopic (exact) mass is 1170 g/mol. The van der Waals surface area contributed by atoms with Crippen LogP contribution in [0.2, 0.25) is 0 Å². The minimum Gasteiger partial charge on any atom is -0.454 e. The second-order valence-electron chi connectivity index (χ2n) is 31.7. The Kier molecular flexibility index (Phi) is 11.2. The first kappa shape index (κ1) is 54.6. The summed E-state index contributed by atoms with van der Waals surface area (Å²) in [6.07, 6.45) is 9.19. The fourth-order valence-electron chi connectivity index (χ4n) is 18.0. The first-order valence-corrected chi connectivity index (χ1v) is 33.8. The highest BCUT2D eigenvalue weighted by molar-refractivity contribution is 7.26. The number of rotatable bonds is 4. The van der Waals surface area contributed by atoms with E-state index >= 15 is 0 Å². The highest BCUT2D eigenvalue weighted by Crippen LogP contribution is 2.63. The van der Waals surface area contributed by atoms with Gasteiger partial charge in [0.05, 0.1) is 21.6 Å². The van der Waals surface area contributed by atoms with E-state index in [0.29, 0.717) is 0 Å². The van der Waals surface area contributed by atoms with Crippen LogP contribution in [0.4, 0.5) is 45.5 Å². The average molecular weight is 1170 g/mol. The van der Waals surface area contributed by atoms with E-state index in [2.05, 4.69) is 269 Å². The van der Waals surface area contributed by atoms with Crippen LogP contribution in [0.3, 0.4) is 0 Å². The van der Waals surface area contributed by atoms with Crippen molar-refractivity contribution in [3.63, 3.8) is 0 Å². The highest BCUT2D eigenvalue weighted by Gasteiger charge is 2.59. The van der Waals surface area contributed by atoms with Gasteiger partial charge in [0, 0.05) is 65.8 Å². The van der Waals surface area contributed by atoms with Crippen molar-refractivity contribution in [1.29, 1.82) is 0 Å². The Morgan fingerprint density at radius 3 is 1.60 bits per heavy atom. The van der Waals surface area contributed by atoms with Gasteiger partial charge in [-0.25, -0.2) is 0 Å². The maximum Gasteiger partial charge on any atom is 0.252 e. The smallest absolute Gasteiger partial charge is 0.252 e. The van der Waals surface area contributed by atoms with E-state index in [1.54, 1.807) is 0 Å². The molecule has 2 atom stereocenters. The van der Waals surface area contributed by atoms with E-state index < -0.39 is 0 Å². The number of fused-ring (bicyclic) bond motifs is 15. The van der Waals surface area contributed by atoms with Crippen LogP contribution in [0, 0.1) is 0 Å². The Labute approximate surface area is 525 Å². The van der Waals surface area contributed by atoms with Gasteiger partial charge in [0.2, 0.25) is 0 Å². The third-order valence-corrected chi connectivity index (χ3v) is 24.9. The number of benzene rings is 9. The van der Waals surface area contributed by atoms with Crippen LogP contribution in [-0.2, 0) is 32.5 Å². The van der Waals surface area contributed by atoms with Gasteiger partial charge < -0.3 is 19.1 Å².